The lowest BCUT2D eigenvalue weighted by molar-refractivity contribution is 0.0697. The number of aromatic carboxylic acids is 1. The van der Waals surface area contributed by atoms with E-state index in [2.05, 4.69) is 15.7 Å². The highest BCUT2D eigenvalue weighted by molar-refractivity contribution is 5.96. The Morgan fingerprint density at radius 2 is 1.68 bits per heavy atom. The van der Waals surface area contributed by atoms with Gasteiger partial charge in [-0.2, -0.15) is 0 Å². The summed E-state index contributed by atoms with van der Waals surface area (Å²) in [5, 5.41) is 26.2. The molecule has 7 nitrogen and oxygen atoms in total. The average Bonchev–Trinajstić information content (AvgIpc) is 2.54. The number of hydrogen-bond donors (Lipinski definition) is 4. The van der Waals surface area contributed by atoms with Crippen LogP contribution in [-0.4, -0.2) is 16.9 Å². The molecule has 0 unspecified atom stereocenters. The summed E-state index contributed by atoms with van der Waals surface area (Å²) in [6.07, 6.45) is 0. The zero-order valence-electron chi connectivity index (χ0n) is 11.7. The number of amidine groups is 1. The van der Waals surface area contributed by atoms with E-state index < -0.39 is 5.97 Å². The third-order valence-electron chi connectivity index (χ3n) is 3.01. The molecule has 0 aliphatic heterocycles. The predicted octanol–water partition coefficient (Wildman–Crippen LogP) is 2.65. The number of carbonyl (C=O) groups is 1. The third-order valence-corrected chi connectivity index (χ3v) is 3.01. The van der Waals surface area contributed by atoms with Crippen molar-refractivity contribution in [2.45, 2.75) is 6.54 Å². The molecule has 2 aromatic rings. The lowest BCUT2D eigenvalue weighted by atomic mass is 10.1. The van der Waals surface area contributed by atoms with Crippen molar-refractivity contribution < 1.29 is 9.90 Å². The molecule has 0 bridgehead atoms. The van der Waals surface area contributed by atoms with Gasteiger partial charge in [0.25, 0.3) is 0 Å². The number of carboxylic acids is 1. The number of rotatable bonds is 5. The van der Waals surface area contributed by atoms with Crippen LogP contribution in [0, 0.1) is 5.41 Å². The second kappa shape index (κ2) is 6.98. The predicted molar refractivity (Wildman–Crippen MR) is 83.0 cm³/mol. The van der Waals surface area contributed by atoms with Gasteiger partial charge in [-0.3, -0.25) is 5.41 Å². The average molecular weight is 297 g/mol. The van der Waals surface area contributed by atoms with Gasteiger partial charge in [0.05, 0.1) is 5.56 Å². The van der Waals surface area contributed by atoms with Crippen molar-refractivity contribution in [1.82, 2.24) is 0 Å². The molecular formula is C15H15N5O2. The molecule has 5 N–H and O–H groups in total. The van der Waals surface area contributed by atoms with Crippen LogP contribution >= 0.6 is 0 Å². The molecule has 0 saturated carbocycles. The molecule has 0 aliphatic carbocycles. The molecule has 0 amide bonds. The molecule has 2 rings (SSSR count). The van der Waals surface area contributed by atoms with Crippen LogP contribution < -0.4 is 11.2 Å². The van der Waals surface area contributed by atoms with Gasteiger partial charge in [-0.1, -0.05) is 17.4 Å². The summed E-state index contributed by atoms with van der Waals surface area (Å²) < 4.78 is 0. The molecule has 0 aromatic heterocycles. The fourth-order valence-corrected chi connectivity index (χ4v) is 1.83. The molecule has 112 valence electrons. The molecule has 0 radical (unpaired) electrons. The minimum absolute atomic E-state index is 0.00157. The van der Waals surface area contributed by atoms with Crippen molar-refractivity contribution in [1.29, 1.82) is 5.41 Å². The first-order chi connectivity index (χ1) is 10.6. The Morgan fingerprint density at radius 1 is 1.09 bits per heavy atom. The van der Waals surface area contributed by atoms with Crippen LogP contribution in [0.1, 0.15) is 21.5 Å². The first kappa shape index (κ1) is 15.2. The van der Waals surface area contributed by atoms with E-state index in [1.807, 2.05) is 12.1 Å². The van der Waals surface area contributed by atoms with Gasteiger partial charge in [-0.05, 0) is 42.0 Å². The maximum atomic E-state index is 10.8. The molecular weight excluding hydrogens is 282 g/mol. The SMILES string of the molecule is N=C(N=NN)c1ccc(NCc2ccc(C(=O)O)cc2)cc1. The van der Waals surface area contributed by atoms with Crippen molar-refractivity contribution in [3.63, 3.8) is 0 Å². The molecule has 0 fully saturated rings. The van der Waals surface area contributed by atoms with E-state index >= 15 is 0 Å². The number of nitrogens with zero attached hydrogens (tertiary/aromatic N) is 2. The summed E-state index contributed by atoms with van der Waals surface area (Å²) in [7, 11) is 0. The Hall–Kier alpha value is -3.22. The van der Waals surface area contributed by atoms with Gasteiger partial charge < -0.3 is 16.3 Å². The molecule has 22 heavy (non-hydrogen) atoms. The quantitative estimate of drug-likeness (QED) is 0.222. The Balaban J connectivity index is 1.96. The fourth-order valence-electron chi connectivity index (χ4n) is 1.83. The normalized spacial score (nSPS) is 10.5. The highest BCUT2D eigenvalue weighted by Crippen LogP contribution is 2.13. The monoisotopic (exact) mass is 297 g/mol. The number of anilines is 1. The van der Waals surface area contributed by atoms with E-state index in [0.717, 1.165) is 11.3 Å². The van der Waals surface area contributed by atoms with Gasteiger partial charge in [0.15, 0.2) is 5.84 Å². The number of nitrogens with two attached hydrogens (primary N) is 1. The van der Waals surface area contributed by atoms with Gasteiger partial charge in [0.1, 0.15) is 0 Å². The van der Waals surface area contributed by atoms with Crippen molar-refractivity contribution in [2.75, 3.05) is 5.32 Å². The lowest BCUT2D eigenvalue weighted by Crippen LogP contribution is -2.02. The van der Waals surface area contributed by atoms with Gasteiger partial charge in [0, 0.05) is 17.8 Å². The van der Waals surface area contributed by atoms with Crippen LogP contribution in [0.15, 0.2) is 58.9 Å². The first-order valence-electron chi connectivity index (χ1n) is 6.46. The number of carboxylic acid groups (broad SMARTS) is 1. The van der Waals surface area contributed by atoms with E-state index in [0.29, 0.717) is 12.1 Å². The van der Waals surface area contributed by atoms with Gasteiger partial charge in [-0.15, -0.1) is 5.11 Å². The van der Waals surface area contributed by atoms with Crippen LogP contribution in [0.5, 0.6) is 0 Å². The molecule has 0 atom stereocenters. The number of benzene rings is 2. The summed E-state index contributed by atoms with van der Waals surface area (Å²) in [6.45, 7) is 0.569. The van der Waals surface area contributed by atoms with Gasteiger partial charge in [0.2, 0.25) is 0 Å². The summed E-state index contributed by atoms with van der Waals surface area (Å²) in [5.74, 6) is 3.97. The van der Waals surface area contributed by atoms with E-state index in [1.165, 1.54) is 0 Å². The second-order valence-corrected chi connectivity index (χ2v) is 4.50. The highest BCUT2D eigenvalue weighted by atomic mass is 16.4. The van der Waals surface area contributed by atoms with Crippen molar-refractivity contribution in [3.05, 3.63) is 65.2 Å². The molecule has 2 aromatic carbocycles. The minimum Gasteiger partial charge on any atom is -0.478 e. The van der Waals surface area contributed by atoms with Crippen LogP contribution in [0.4, 0.5) is 5.69 Å². The zero-order chi connectivity index (χ0) is 15.9. The zero-order valence-corrected chi connectivity index (χ0v) is 11.7. The Morgan fingerprint density at radius 3 is 2.23 bits per heavy atom. The smallest absolute Gasteiger partial charge is 0.335 e. The van der Waals surface area contributed by atoms with Crippen molar-refractivity contribution in [3.8, 4) is 0 Å². The first-order valence-corrected chi connectivity index (χ1v) is 6.46. The third kappa shape index (κ3) is 3.89. The molecule has 0 aliphatic rings. The molecule has 0 heterocycles. The number of hydrogen-bond acceptors (Lipinski definition) is 4. The Kier molecular flexibility index (Phi) is 4.81. The maximum absolute atomic E-state index is 10.8. The van der Waals surface area contributed by atoms with Crippen LogP contribution in [0.2, 0.25) is 0 Å². The second-order valence-electron chi connectivity index (χ2n) is 4.50. The molecule has 0 spiro atoms. The summed E-state index contributed by atoms with van der Waals surface area (Å²) in [4.78, 5) is 10.8. The summed E-state index contributed by atoms with van der Waals surface area (Å²) in [5.41, 5.74) is 2.73. The van der Waals surface area contributed by atoms with Crippen LogP contribution in [0.3, 0.4) is 0 Å². The standard InChI is InChI=1S/C15H15N5O2/c16-14(19-20-17)11-5-7-13(8-6-11)18-9-10-1-3-12(4-2-10)15(21)22/h1-8,18H,9H2,(H,21,22)(H3,16,17,19). The van der Waals surface area contributed by atoms with E-state index in [1.54, 1.807) is 36.4 Å². The molecule has 0 saturated heterocycles. The Bertz CT molecular complexity index is 693. The Labute approximate surface area is 127 Å². The summed E-state index contributed by atoms with van der Waals surface area (Å²) in [6, 6.07) is 13.8. The highest BCUT2D eigenvalue weighted by Gasteiger charge is 2.02. The number of nitrogens with one attached hydrogen (secondary N) is 2. The van der Waals surface area contributed by atoms with Crippen molar-refractivity contribution in [2.24, 2.45) is 16.2 Å². The lowest BCUT2D eigenvalue weighted by Gasteiger charge is -2.07. The van der Waals surface area contributed by atoms with Gasteiger partial charge >= 0.3 is 5.97 Å². The minimum atomic E-state index is -0.938. The van der Waals surface area contributed by atoms with E-state index in [-0.39, 0.29) is 11.4 Å². The topological polar surface area (TPSA) is 124 Å². The largest absolute Gasteiger partial charge is 0.478 e. The van der Waals surface area contributed by atoms with Crippen LogP contribution in [-0.2, 0) is 6.54 Å². The van der Waals surface area contributed by atoms with E-state index in [9.17, 15) is 4.79 Å². The van der Waals surface area contributed by atoms with E-state index in [4.69, 9.17) is 16.4 Å². The van der Waals surface area contributed by atoms with Gasteiger partial charge in [-0.25, -0.2) is 4.79 Å². The van der Waals surface area contributed by atoms with Crippen molar-refractivity contribution >= 4 is 17.5 Å². The molecule has 7 heteroatoms. The van der Waals surface area contributed by atoms with Crippen LogP contribution in [0.25, 0.3) is 0 Å². The summed E-state index contributed by atoms with van der Waals surface area (Å²) >= 11 is 0. The fraction of sp³-hybridized carbons (Fsp3) is 0.0667. The maximum Gasteiger partial charge on any atom is 0.335 e.